The van der Waals surface area contributed by atoms with Gasteiger partial charge < -0.3 is 10.2 Å². The van der Waals surface area contributed by atoms with Gasteiger partial charge >= 0.3 is 0 Å². The van der Waals surface area contributed by atoms with Crippen LogP contribution < -0.4 is 10.2 Å². The van der Waals surface area contributed by atoms with Gasteiger partial charge in [0.2, 0.25) is 0 Å². The maximum atomic E-state index is 13.6. The lowest BCUT2D eigenvalue weighted by Crippen LogP contribution is -2.47. The van der Waals surface area contributed by atoms with E-state index in [4.69, 9.17) is 0 Å². The van der Waals surface area contributed by atoms with Crippen molar-refractivity contribution in [2.45, 2.75) is 58.0 Å². The van der Waals surface area contributed by atoms with E-state index in [1.54, 1.807) is 6.07 Å². The Kier molecular flexibility index (Phi) is 4.73. The Hall–Kier alpha value is -1.16. The molecule has 2 atom stereocenters. The molecule has 0 aromatic carbocycles. The molecular formula is C17H26FN3. The van der Waals surface area contributed by atoms with E-state index in [9.17, 15) is 4.39 Å². The molecular weight excluding hydrogens is 265 g/mol. The third kappa shape index (κ3) is 3.20. The number of rotatable bonds is 4. The van der Waals surface area contributed by atoms with Crippen molar-refractivity contribution >= 4 is 5.82 Å². The van der Waals surface area contributed by atoms with Crippen LogP contribution in [0.15, 0.2) is 12.3 Å². The first kappa shape index (κ1) is 14.8. The Morgan fingerprint density at radius 1 is 1.29 bits per heavy atom. The fraction of sp³-hybridized carbons (Fsp3) is 0.706. The molecule has 2 unspecified atom stereocenters. The predicted molar refractivity (Wildman–Crippen MR) is 83.9 cm³/mol. The van der Waals surface area contributed by atoms with E-state index in [2.05, 4.69) is 22.1 Å². The van der Waals surface area contributed by atoms with Crippen LogP contribution in [0.5, 0.6) is 0 Å². The second kappa shape index (κ2) is 6.73. The van der Waals surface area contributed by atoms with Crippen LogP contribution in [0.1, 0.15) is 51.0 Å². The van der Waals surface area contributed by atoms with Gasteiger partial charge in [0, 0.05) is 24.7 Å². The highest BCUT2D eigenvalue weighted by Gasteiger charge is 2.34. The van der Waals surface area contributed by atoms with Crippen molar-refractivity contribution in [2.24, 2.45) is 5.92 Å². The minimum absolute atomic E-state index is 0.233. The van der Waals surface area contributed by atoms with Crippen molar-refractivity contribution in [3.63, 3.8) is 0 Å². The van der Waals surface area contributed by atoms with Gasteiger partial charge in [-0.1, -0.05) is 19.8 Å². The maximum absolute atomic E-state index is 13.6. The highest BCUT2D eigenvalue weighted by atomic mass is 19.1. The molecule has 1 aromatic heterocycles. The van der Waals surface area contributed by atoms with Crippen LogP contribution in [0, 0.1) is 11.7 Å². The van der Waals surface area contributed by atoms with E-state index in [0.29, 0.717) is 12.6 Å². The maximum Gasteiger partial charge on any atom is 0.141 e. The number of nitrogens with zero attached hydrogens (tertiary/aromatic N) is 2. The summed E-state index contributed by atoms with van der Waals surface area (Å²) >= 11 is 0. The summed E-state index contributed by atoms with van der Waals surface area (Å²) in [7, 11) is 0. The van der Waals surface area contributed by atoms with Crippen molar-refractivity contribution in [1.29, 1.82) is 0 Å². The molecule has 116 valence electrons. The standard InChI is InChI=1S/C17H26FN3/c1-2-19-11-14-10-15(18)12-20-17(14)21-9-5-7-13-6-3-4-8-16(13)21/h10,12-13,16,19H,2-9,11H2,1H3. The van der Waals surface area contributed by atoms with Crippen LogP contribution in [-0.2, 0) is 6.54 Å². The molecule has 1 aromatic rings. The molecule has 0 radical (unpaired) electrons. The summed E-state index contributed by atoms with van der Waals surface area (Å²) in [5, 5.41) is 3.31. The fourth-order valence-electron chi connectivity index (χ4n) is 4.01. The van der Waals surface area contributed by atoms with Gasteiger partial charge in [-0.2, -0.15) is 0 Å². The van der Waals surface area contributed by atoms with Gasteiger partial charge in [-0.25, -0.2) is 9.37 Å². The van der Waals surface area contributed by atoms with Crippen LogP contribution in [-0.4, -0.2) is 24.1 Å². The van der Waals surface area contributed by atoms with E-state index >= 15 is 0 Å². The molecule has 1 aliphatic carbocycles. The number of hydrogen-bond acceptors (Lipinski definition) is 3. The van der Waals surface area contributed by atoms with Crippen molar-refractivity contribution in [3.8, 4) is 0 Å². The molecule has 4 heteroatoms. The third-order valence-electron chi connectivity index (χ3n) is 4.99. The molecule has 2 heterocycles. The predicted octanol–water partition coefficient (Wildman–Crippen LogP) is 3.49. The molecule has 0 bridgehead atoms. The summed E-state index contributed by atoms with van der Waals surface area (Å²) in [5.41, 5.74) is 1.00. The summed E-state index contributed by atoms with van der Waals surface area (Å²) < 4.78 is 13.6. The monoisotopic (exact) mass is 291 g/mol. The van der Waals surface area contributed by atoms with E-state index in [-0.39, 0.29) is 5.82 Å². The molecule has 1 saturated carbocycles. The molecule has 3 nitrogen and oxygen atoms in total. The number of pyridine rings is 1. The average molecular weight is 291 g/mol. The number of anilines is 1. The second-order valence-electron chi connectivity index (χ2n) is 6.36. The van der Waals surface area contributed by atoms with Gasteiger partial charge in [0.25, 0.3) is 0 Å². The topological polar surface area (TPSA) is 28.2 Å². The quantitative estimate of drug-likeness (QED) is 0.920. The molecule has 1 saturated heterocycles. The Bertz CT molecular complexity index is 475. The SMILES string of the molecule is CCNCc1cc(F)cnc1N1CCCC2CCCCC21. The number of fused-ring (bicyclic) bond motifs is 1. The molecule has 21 heavy (non-hydrogen) atoms. The largest absolute Gasteiger partial charge is 0.353 e. The van der Waals surface area contributed by atoms with Gasteiger partial charge in [-0.15, -0.1) is 0 Å². The Morgan fingerprint density at radius 3 is 2.95 bits per heavy atom. The van der Waals surface area contributed by atoms with Crippen molar-refractivity contribution < 1.29 is 4.39 Å². The Labute approximate surface area is 126 Å². The van der Waals surface area contributed by atoms with Crippen LogP contribution in [0.2, 0.25) is 0 Å². The Morgan fingerprint density at radius 2 is 2.10 bits per heavy atom. The fourth-order valence-corrected chi connectivity index (χ4v) is 4.01. The highest BCUT2D eigenvalue weighted by molar-refractivity contribution is 5.48. The van der Waals surface area contributed by atoms with Gasteiger partial charge in [-0.05, 0) is 44.2 Å². The van der Waals surface area contributed by atoms with Gasteiger partial charge in [0.05, 0.1) is 6.20 Å². The number of nitrogens with one attached hydrogen (secondary N) is 1. The first-order valence-corrected chi connectivity index (χ1v) is 8.41. The third-order valence-corrected chi connectivity index (χ3v) is 4.99. The summed E-state index contributed by atoms with van der Waals surface area (Å²) in [6.07, 6.45) is 9.27. The van der Waals surface area contributed by atoms with Gasteiger partial charge in [0.1, 0.15) is 11.6 Å². The minimum atomic E-state index is -0.233. The second-order valence-corrected chi connectivity index (χ2v) is 6.36. The number of piperidine rings is 1. The van der Waals surface area contributed by atoms with Crippen LogP contribution in [0.25, 0.3) is 0 Å². The zero-order valence-electron chi connectivity index (χ0n) is 12.9. The lowest BCUT2D eigenvalue weighted by Gasteiger charge is -2.45. The smallest absolute Gasteiger partial charge is 0.141 e. The molecule has 1 aliphatic heterocycles. The van der Waals surface area contributed by atoms with Crippen molar-refractivity contribution in [2.75, 3.05) is 18.0 Å². The van der Waals surface area contributed by atoms with Crippen LogP contribution >= 0.6 is 0 Å². The lowest BCUT2D eigenvalue weighted by molar-refractivity contribution is 0.242. The molecule has 0 spiro atoms. The first-order valence-electron chi connectivity index (χ1n) is 8.41. The number of halogens is 1. The summed E-state index contributed by atoms with van der Waals surface area (Å²) in [6, 6.07) is 2.27. The van der Waals surface area contributed by atoms with E-state index in [0.717, 1.165) is 30.4 Å². The number of hydrogen-bond donors (Lipinski definition) is 1. The van der Waals surface area contributed by atoms with E-state index in [1.807, 2.05) is 0 Å². The highest BCUT2D eigenvalue weighted by Crippen LogP contribution is 2.38. The molecule has 0 amide bonds. The molecule has 2 aliphatic rings. The van der Waals surface area contributed by atoms with Gasteiger partial charge in [-0.3, -0.25) is 0 Å². The molecule has 1 N–H and O–H groups in total. The van der Waals surface area contributed by atoms with Gasteiger partial charge in [0.15, 0.2) is 0 Å². The van der Waals surface area contributed by atoms with Crippen LogP contribution in [0.4, 0.5) is 10.2 Å². The lowest BCUT2D eigenvalue weighted by atomic mass is 9.78. The van der Waals surface area contributed by atoms with Crippen molar-refractivity contribution in [1.82, 2.24) is 10.3 Å². The zero-order chi connectivity index (χ0) is 14.7. The summed E-state index contributed by atoms with van der Waals surface area (Å²) in [6.45, 7) is 4.73. The number of aromatic nitrogens is 1. The summed E-state index contributed by atoms with van der Waals surface area (Å²) in [5.74, 6) is 1.59. The molecule has 2 fully saturated rings. The Balaban J connectivity index is 1.87. The zero-order valence-corrected chi connectivity index (χ0v) is 12.9. The first-order chi connectivity index (χ1) is 10.3. The minimum Gasteiger partial charge on any atom is -0.353 e. The van der Waals surface area contributed by atoms with Crippen molar-refractivity contribution in [3.05, 3.63) is 23.6 Å². The van der Waals surface area contributed by atoms with E-state index in [1.165, 1.54) is 44.7 Å². The van der Waals surface area contributed by atoms with E-state index < -0.39 is 0 Å². The average Bonchev–Trinajstić information content (AvgIpc) is 2.52. The normalized spacial score (nSPS) is 25.7. The molecule has 3 rings (SSSR count). The van der Waals surface area contributed by atoms with Crippen LogP contribution in [0.3, 0.4) is 0 Å². The summed E-state index contributed by atoms with van der Waals surface area (Å²) in [4.78, 5) is 6.93.